The van der Waals surface area contributed by atoms with E-state index in [9.17, 15) is 16.8 Å². The van der Waals surface area contributed by atoms with Gasteiger partial charge in [0.15, 0.2) is 0 Å². The zero-order valence-electron chi connectivity index (χ0n) is 14.0. The summed E-state index contributed by atoms with van der Waals surface area (Å²) in [6.45, 7) is 0. The fourth-order valence-corrected chi connectivity index (χ4v) is 2.60. The molecular formula is C12H12K2O6S2. The Hall–Kier alpha value is 1.53. The molecule has 0 aliphatic rings. The van der Waals surface area contributed by atoms with Gasteiger partial charge in [-0.1, -0.05) is 24.3 Å². The molecule has 0 aliphatic heterocycles. The molecule has 0 radical (unpaired) electrons. The van der Waals surface area contributed by atoms with E-state index in [1.54, 1.807) is 0 Å². The summed E-state index contributed by atoms with van der Waals surface area (Å²) in [5, 5.41) is 0. The Balaban J connectivity index is -0.00000110. The van der Waals surface area contributed by atoms with Crippen molar-refractivity contribution in [3.63, 3.8) is 0 Å². The fourth-order valence-electron chi connectivity index (χ4n) is 1.64. The van der Waals surface area contributed by atoms with Gasteiger partial charge in [0.05, 0.1) is 9.79 Å². The predicted molar refractivity (Wildman–Crippen MR) is 73.7 cm³/mol. The largest absolute Gasteiger partial charge is 1.00 e. The van der Waals surface area contributed by atoms with Crippen LogP contribution in [0.3, 0.4) is 0 Å². The van der Waals surface area contributed by atoms with Gasteiger partial charge in [-0.3, -0.25) is 9.11 Å². The molecule has 0 spiro atoms. The van der Waals surface area contributed by atoms with Gasteiger partial charge in [0, 0.05) is 0 Å². The van der Waals surface area contributed by atoms with Crippen LogP contribution in [0.25, 0.3) is 11.1 Å². The summed E-state index contributed by atoms with van der Waals surface area (Å²) in [6, 6.07) is 10.9. The number of benzene rings is 2. The minimum Gasteiger partial charge on any atom is -1.00 e. The summed E-state index contributed by atoms with van der Waals surface area (Å²) in [6.07, 6.45) is 0. The van der Waals surface area contributed by atoms with E-state index in [1.165, 1.54) is 48.5 Å². The quantitative estimate of drug-likeness (QED) is 0.407. The third-order valence-corrected chi connectivity index (χ3v) is 4.37. The molecule has 0 unspecified atom stereocenters. The molecule has 0 fully saturated rings. The average Bonchev–Trinajstić information content (AvgIpc) is 2.37. The molecule has 0 aliphatic carbocycles. The summed E-state index contributed by atoms with van der Waals surface area (Å²) >= 11 is 0. The van der Waals surface area contributed by atoms with E-state index >= 15 is 0 Å². The monoisotopic (exact) mass is 394 g/mol. The molecule has 22 heavy (non-hydrogen) atoms. The Morgan fingerprint density at radius 3 is 1.00 bits per heavy atom. The second-order valence-corrected chi connectivity index (χ2v) is 6.84. The van der Waals surface area contributed by atoms with Crippen LogP contribution in [-0.4, -0.2) is 25.9 Å². The van der Waals surface area contributed by atoms with Crippen LogP contribution >= 0.6 is 0 Å². The summed E-state index contributed by atoms with van der Waals surface area (Å²) < 4.78 is 61.3. The molecule has 6 nitrogen and oxygen atoms in total. The SMILES string of the molecule is O=S(=O)(O)c1ccc(-c2ccc(S(=O)(=O)O)cc2)cc1.[H-].[H-].[K+].[K+]. The van der Waals surface area contributed by atoms with Gasteiger partial charge in [-0.05, 0) is 35.4 Å². The van der Waals surface area contributed by atoms with Crippen molar-refractivity contribution in [1.82, 2.24) is 0 Å². The van der Waals surface area contributed by atoms with Gasteiger partial charge >= 0.3 is 103 Å². The van der Waals surface area contributed by atoms with Gasteiger partial charge in [0.1, 0.15) is 0 Å². The maximum atomic E-state index is 10.9. The van der Waals surface area contributed by atoms with E-state index in [0.29, 0.717) is 11.1 Å². The minimum atomic E-state index is -4.24. The van der Waals surface area contributed by atoms with Crippen molar-refractivity contribution in [2.75, 3.05) is 0 Å². The second-order valence-electron chi connectivity index (χ2n) is 4.00. The Morgan fingerprint density at radius 1 is 0.591 bits per heavy atom. The van der Waals surface area contributed by atoms with Crippen molar-refractivity contribution < 1.29 is 132 Å². The maximum Gasteiger partial charge on any atom is 1.00 e. The van der Waals surface area contributed by atoms with Gasteiger partial charge < -0.3 is 2.85 Å². The van der Waals surface area contributed by atoms with Gasteiger partial charge in [0.25, 0.3) is 20.2 Å². The first kappa shape index (κ1) is 23.5. The van der Waals surface area contributed by atoms with Crippen molar-refractivity contribution in [3.05, 3.63) is 48.5 Å². The molecule has 0 amide bonds. The third kappa shape index (κ3) is 6.44. The molecule has 0 atom stereocenters. The smallest absolute Gasteiger partial charge is 1.00 e. The van der Waals surface area contributed by atoms with Crippen LogP contribution in [0.15, 0.2) is 58.3 Å². The molecule has 0 heterocycles. The van der Waals surface area contributed by atoms with E-state index in [2.05, 4.69) is 0 Å². The van der Waals surface area contributed by atoms with E-state index in [1.807, 2.05) is 0 Å². The van der Waals surface area contributed by atoms with Crippen molar-refractivity contribution in [1.29, 1.82) is 0 Å². The molecule has 110 valence electrons. The van der Waals surface area contributed by atoms with E-state index in [-0.39, 0.29) is 115 Å². The number of hydrogen-bond donors (Lipinski definition) is 2. The minimum absolute atomic E-state index is 0. The van der Waals surface area contributed by atoms with Gasteiger partial charge in [-0.25, -0.2) is 0 Å². The molecule has 2 aromatic carbocycles. The zero-order valence-corrected chi connectivity index (χ0v) is 19.8. The topological polar surface area (TPSA) is 109 Å². The van der Waals surface area contributed by atoms with Crippen LogP contribution in [0.5, 0.6) is 0 Å². The normalized spacial score (nSPS) is 11.2. The maximum absolute atomic E-state index is 10.9. The molecule has 0 saturated heterocycles. The molecule has 0 aromatic heterocycles. The van der Waals surface area contributed by atoms with Crippen LogP contribution in [0.1, 0.15) is 2.85 Å². The van der Waals surface area contributed by atoms with Crippen LogP contribution in [0, 0.1) is 0 Å². The van der Waals surface area contributed by atoms with Crippen molar-refractivity contribution >= 4 is 20.2 Å². The van der Waals surface area contributed by atoms with Gasteiger partial charge in [-0.15, -0.1) is 0 Å². The molecule has 2 rings (SSSR count). The molecule has 2 N–H and O–H groups in total. The van der Waals surface area contributed by atoms with Crippen LogP contribution in [-0.2, 0) is 20.2 Å². The first-order chi connectivity index (χ1) is 9.18. The first-order valence-corrected chi connectivity index (χ1v) is 8.21. The summed E-state index contributed by atoms with van der Waals surface area (Å²) in [5.74, 6) is 0. The molecule has 0 bridgehead atoms. The molecule has 2 aromatic rings. The molecular weight excluding hydrogens is 382 g/mol. The molecule has 0 saturated carbocycles. The molecule has 10 heteroatoms. The predicted octanol–water partition coefficient (Wildman–Crippen LogP) is -3.92. The standard InChI is InChI=1S/C12H10O6S2.2K.2H/c13-19(14,15)11-5-1-9(2-6-11)10-3-7-12(8-4-10)20(16,17)18;;;;/h1-8H,(H,13,14,15)(H,16,17,18);;;;/q;2*+1;2*-1. The van der Waals surface area contributed by atoms with Gasteiger partial charge in [-0.2, -0.15) is 16.8 Å². The first-order valence-electron chi connectivity index (χ1n) is 5.33. The third-order valence-electron chi connectivity index (χ3n) is 2.64. The van der Waals surface area contributed by atoms with E-state index in [0.717, 1.165) is 0 Å². The van der Waals surface area contributed by atoms with Crippen molar-refractivity contribution in [2.24, 2.45) is 0 Å². The number of hydrogen-bond acceptors (Lipinski definition) is 4. The summed E-state index contributed by atoms with van der Waals surface area (Å²) in [7, 11) is -8.48. The van der Waals surface area contributed by atoms with Crippen molar-refractivity contribution in [2.45, 2.75) is 9.79 Å². The Labute approximate surface area is 217 Å². The summed E-state index contributed by atoms with van der Waals surface area (Å²) in [4.78, 5) is -0.452. The Morgan fingerprint density at radius 2 is 0.818 bits per heavy atom. The fraction of sp³-hybridized carbons (Fsp3) is 0. The van der Waals surface area contributed by atoms with Crippen molar-refractivity contribution in [3.8, 4) is 11.1 Å². The van der Waals surface area contributed by atoms with E-state index < -0.39 is 20.2 Å². The van der Waals surface area contributed by atoms with Gasteiger partial charge in [0.2, 0.25) is 0 Å². The summed E-state index contributed by atoms with van der Waals surface area (Å²) in [5.41, 5.74) is 1.28. The van der Waals surface area contributed by atoms with Crippen LogP contribution in [0.2, 0.25) is 0 Å². The van der Waals surface area contributed by atoms with E-state index in [4.69, 9.17) is 9.11 Å². The zero-order chi connectivity index (χ0) is 15.0. The van der Waals surface area contributed by atoms with Crippen LogP contribution < -0.4 is 103 Å². The second kappa shape index (κ2) is 9.29. The Kier molecular flexibility index (Phi) is 9.94. The number of rotatable bonds is 3. The Bertz CT molecular complexity index is 765. The van der Waals surface area contributed by atoms with Crippen LogP contribution in [0.4, 0.5) is 0 Å². The average molecular weight is 395 g/mol.